The number of alkyl halides is 3. The summed E-state index contributed by atoms with van der Waals surface area (Å²) < 4.78 is 41.6. The molecular formula is C24H21F3N4O5. The zero-order valence-corrected chi connectivity index (χ0v) is 19.5. The minimum atomic E-state index is -4.64. The fourth-order valence-corrected chi connectivity index (χ4v) is 4.19. The highest BCUT2D eigenvalue weighted by Crippen LogP contribution is 2.34. The van der Waals surface area contributed by atoms with Gasteiger partial charge < -0.3 is 14.9 Å². The van der Waals surface area contributed by atoms with E-state index >= 15 is 0 Å². The lowest BCUT2D eigenvalue weighted by atomic mass is 10.0. The van der Waals surface area contributed by atoms with Gasteiger partial charge in [0, 0.05) is 20.3 Å². The molecule has 4 rings (SSSR count). The molecule has 1 aliphatic heterocycles. The first kappa shape index (κ1) is 24.8. The van der Waals surface area contributed by atoms with Crippen LogP contribution in [0.4, 0.5) is 24.5 Å². The molecule has 1 aliphatic rings. The predicted molar refractivity (Wildman–Crippen MR) is 125 cm³/mol. The maximum atomic E-state index is 13.4. The Balaban J connectivity index is 1.91. The average molecular weight is 502 g/mol. The number of aromatic carboxylic acids is 1. The number of amides is 1. The fourth-order valence-electron chi connectivity index (χ4n) is 4.19. The quantitative estimate of drug-likeness (QED) is 0.588. The van der Waals surface area contributed by atoms with Gasteiger partial charge in [0.2, 0.25) is 5.91 Å². The third-order valence-corrected chi connectivity index (χ3v) is 6.24. The molecule has 0 atom stereocenters. The first-order valence-electron chi connectivity index (χ1n) is 10.7. The van der Waals surface area contributed by atoms with Crippen molar-refractivity contribution in [2.45, 2.75) is 19.6 Å². The van der Waals surface area contributed by atoms with Gasteiger partial charge in [0.25, 0.3) is 5.56 Å². The molecule has 0 bridgehead atoms. The fraction of sp³-hybridized carbons (Fsp3) is 0.250. The molecule has 0 fully saturated rings. The molecule has 0 saturated carbocycles. The van der Waals surface area contributed by atoms with Crippen LogP contribution in [-0.4, -0.2) is 46.8 Å². The monoisotopic (exact) mass is 502 g/mol. The summed E-state index contributed by atoms with van der Waals surface area (Å²) in [7, 11) is 3.27. The largest absolute Gasteiger partial charge is 0.477 e. The number of carbonyl (C=O) groups excluding carboxylic acids is 1. The average Bonchev–Trinajstić information content (AvgIpc) is 2.80. The summed E-state index contributed by atoms with van der Waals surface area (Å²) in [4.78, 5) is 53.4. The van der Waals surface area contributed by atoms with Crippen molar-refractivity contribution < 1.29 is 27.9 Å². The minimum absolute atomic E-state index is 0.0375. The lowest BCUT2D eigenvalue weighted by molar-refractivity contribution is -0.138. The van der Waals surface area contributed by atoms with Gasteiger partial charge in [-0.3, -0.25) is 18.7 Å². The molecule has 12 heteroatoms. The van der Waals surface area contributed by atoms with Crippen molar-refractivity contribution in [2.24, 2.45) is 0 Å². The van der Waals surface area contributed by atoms with Crippen LogP contribution in [0.25, 0.3) is 5.69 Å². The van der Waals surface area contributed by atoms with Crippen LogP contribution in [-0.2, 0) is 17.5 Å². The maximum absolute atomic E-state index is 13.4. The zero-order chi connectivity index (χ0) is 26.5. The van der Waals surface area contributed by atoms with Crippen molar-refractivity contribution in [3.8, 4) is 5.69 Å². The summed E-state index contributed by atoms with van der Waals surface area (Å²) in [6, 6.07) is 8.05. The molecule has 1 amide bonds. The predicted octanol–water partition coefficient (Wildman–Crippen LogP) is 2.49. The highest BCUT2D eigenvalue weighted by Gasteiger charge is 2.33. The summed E-state index contributed by atoms with van der Waals surface area (Å²) in [5.41, 5.74) is -2.57. The molecular weight excluding hydrogens is 481 g/mol. The summed E-state index contributed by atoms with van der Waals surface area (Å²) in [6.45, 7) is 0.795. The van der Waals surface area contributed by atoms with E-state index in [-0.39, 0.29) is 29.3 Å². The summed E-state index contributed by atoms with van der Waals surface area (Å²) >= 11 is 0. The zero-order valence-electron chi connectivity index (χ0n) is 19.5. The minimum Gasteiger partial charge on any atom is -0.477 e. The van der Waals surface area contributed by atoms with Crippen LogP contribution < -0.4 is 21.0 Å². The van der Waals surface area contributed by atoms with E-state index < -0.39 is 41.1 Å². The van der Waals surface area contributed by atoms with Crippen molar-refractivity contribution in [1.82, 2.24) is 9.13 Å². The summed E-state index contributed by atoms with van der Waals surface area (Å²) in [5.74, 6) is -1.81. The van der Waals surface area contributed by atoms with E-state index in [9.17, 15) is 37.5 Å². The van der Waals surface area contributed by atoms with Crippen LogP contribution in [0.2, 0.25) is 0 Å². The van der Waals surface area contributed by atoms with Crippen LogP contribution in [0.15, 0.2) is 52.2 Å². The van der Waals surface area contributed by atoms with Gasteiger partial charge in [-0.05, 0) is 42.3 Å². The van der Waals surface area contributed by atoms with Crippen molar-refractivity contribution in [3.63, 3.8) is 0 Å². The van der Waals surface area contributed by atoms with Crippen molar-refractivity contribution >= 4 is 23.3 Å². The second-order valence-corrected chi connectivity index (χ2v) is 8.46. The number of anilines is 2. The van der Waals surface area contributed by atoms with Crippen LogP contribution >= 0.6 is 0 Å². The third kappa shape index (κ3) is 4.14. The van der Waals surface area contributed by atoms with E-state index in [0.717, 1.165) is 22.9 Å². The number of carboxylic acids is 1. The second kappa shape index (κ2) is 8.70. The van der Waals surface area contributed by atoms with E-state index in [1.807, 2.05) is 0 Å². The number of nitrogens with zero attached hydrogens (tertiary/aromatic N) is 4. The van der Waals surface area contributed by atoms with E-state index in [4.69, 9.17) is 0 Å². The van der Waals surface area contributed by atoms with E-state index in [2.05, 4.69) is 0 Å². The van der Waals surface area contributed by atoms with Gasteiger partial charge in [-0.15, -0.1) is 0 Å². The molecule has 188 valence electrons. The smallest absolute Gasteiger partial charge is 0.416 e. The number of halogens is 3. The van der Waals surface area contributed by atoms with E-state index in [0.29, 0.717) is 15.9 Å². The number of hydrogen-bond acceptors (Lipinski definition) is 5. The number of carbonyl (C=O) groups is 2. The first-order chi connectivity index (χ1) is 16.8. The number of likely N-dealkylation sites (N-methyl/N-ethyl adjacent to an activating group) is 2. The third-order valence-electron chi connectivity index (χ3n) is 6.24. The van der Waals surface area contributed by atoms with E-state index in [1.165, 1.54) is 30.0 Å². The Labute approximate surface area is 202 Å². The molecule has 1 N–H and O–H groups in total. The Morgan fingerprint density at radius 2 is 1.75 bits per heavy atom. The molecule has 3 aromatic rings. The lowest BCUT2D eigenvalue weighted by Gasteiger charge is -2.33. The Morgan fingerprint density at radius 3 is 2.39 bits per heavy atom. The topological polar surface area (TPSA) is 105 Å². The normalized spacial score (nSPS) is 13.7. The Hall–Kier alpha value is -4.35. The van der Waals surface area contributed by atoms with Crippen LogP contribution in [0.5, 0.6) is 0 Å². The van der Waals surface area contributed by atoms with Gasteiger partial charge >= 0.3 is 17.8 Å². The first-order valence-corrected chi connectivity index (χ1v) is 10.7. The SMILES string of the molecule is Cc1c(Cn2c(=O)c(C(=O)O)cn(-c3ccc4c(c3)N(C)C(=O)CN4C)c2=O)cccc1C(F)(F)F. The van der Waals surface area contributed by atoms with Gasteiger partial charge in [0.15, 0.2) is 0 Å². The maximum Gasteiger partial charge on any atom is 0.416 e. The van der Waals surface area contributed by atoms with Crippen LogP contribution in [0.1, 0.15) is 27.0 Å². The molecule has 1 aromatic heterocycles. The number of fused-ring (bicyclic) bond motifs is 1. The Morgan fingerprint density at radius 1 is 1.06 bits per heavy atom. The molecule has 2 heterocycles. The molecule has 0 saturated heterocycles. The molecule has 2 aromatic carbocycles. The van der Waals surface area contributed by atoms with Gasteiger partial charge in [0.05, 0.1) is 35.7 Å². The molecule has 36 heavy (non-hydrogen) atoms. The van der Waals surface area contributed by atoms with Crippen molar-refractivity contribution in [1.29, 1.82) is 0 Å². The van der Waals surface area contributed by atoms with Crippen LogP contribution in [0.3, 0.4) is 0 Å². The van der Waals surface area contributed by atoms with E-state index in [1.54, 1.807) is 25.1 Å². The van der Waals surface area contributed by atoms with Crippen LogP contribution in [0, 0.1) is 6.92 Å². The second-order valence-electron chi connectivity index (χ2n) is 8.46. The number of benzene rings is 2. The van der Waals surface area contributed by atoms with Crippen molar-refractivity contribution in [2.75, 3.05) is 30.4 Å². The van der Waals surface area contributed by atoms with Gasteiger partial charge in [-0.1, -0.05) is 12.1 Å². The summed E-state index contributed by atoms with van der Waals surface area (Å²) in [6.07, 6.45) is -3.77. The van der Waals surface area contributed by atoms with Gasteiger partial charge in [-0.2, -0.15) is 13.2 Å². The molecule has 0 spiro atoms. The standard InChI is InChI=1S/C24H21F3N4O5/c1-13-14(5-4-6-17(13)24(25,26)27)10-31-21(33)16(22(34)35)11-30(23(31)36)15-7-8-18-19(9-15)29(3)20(32)12-28(18)2/h4-9,11H,10,12H2,1-3H3,(H,34,35). The van der Waals surface area contributed by atoms with Gasteiger partial charge in [0.1, 0.15) is 5.56 Å². The van der Waals surface area contributed by atoms with Gasteiger partial charge in [-0.25, -0.2) is 9.59 Å². The molecule has 0 radical (unpaired) electrons. The van der Waals surface area contributed by atoms with Crippen molar-refractivity contribution in [3.05, 3.63) is 85.7 Å². The number of hydrogen-bond donors (Lipinski definition) is 1. The number of rotatable bonds is 4. The Bertz CT molecular complexity index is 1520. The highest BCUT2D eigenvalue weighted by atomic mass is 19.4. The molecule has 0 aliphatic carbocycles. The molecule has 9 nitrogen and oxygen atoms in total. The number of aromatic nitrogens is 2. The lowest BCUT2D eigenvalue weighted by Crippen LogP contribution is -2.43. The summed E-state index contributed by atoms with van der Waals surface area (Å²) in [5, 5.41) is 9.59. The number of carboxylic acid groups (broad SMARTS) is 1. The Kier molecular flexibility index (Phi) is 5.99. The highest BCUT2D eigenvalue weighted by molar-refractivity contribution is 6.03. The molecule has 0 unspecified atom stereocenters.